The molecular formula is C54H90O23. The van der Waals surface area contributed by atoms with Crippen LogP contribution in [0.15, 0.2) is 11.6 Å². The molecular weight excluding hydrogens is 1020 g/mol. The first-order chi connectivity index (χ1) is 35.9. The van der Waals surface area contributed by atoms with Crippen LogP contribution in [0.5, 0.6) is 0 Å². The van der Waals surface area contributed by atoms with Crippen LogP contribution in [-0.2, 0) is 37.9 Å². The molecule has 4 heterocycles. The highest BCUT2D eigenvalue weighted by molar-refractivity contribution is 5.35. The van der Waals surface area contributed by atoms with Crippen LogP contribution in [-0.4, -0.2) is 244 Å². The monoisotopic (exact) mass is 1110 g/mol. The van der Waals surface area contributed by atoms with Gasteiger partial charge in [0.05, 0.1) is 50.8 Å². The van der Waals surface area contributed by atoms with Gasteiger partial charge in [-0.15, -0.1) is 0 Å². The van der Waals surface area contributed by atoms with E-state index in [2.05, 4.69) is 40.7 Å². The topological polar surface area (TPSA) is 377 Å². The highest BCUT2D eigenvalue weighted by Crippen LogP contribution is 2.76. The van der Waals surface area contributed by atoms with E-state index < -0.39 is 177 Å². The van der Waals surface area contributed by atoms with Crippen LogP contribution in [0.3, 0.4) is 0 Å². The lowest BCUT2D eigenvalue weighted by Crippen LogP contribution is -2.69. The lowest BCUT2D eigenvalue weighted by molar-refractivity contribution is -0.369. The fraction of sp³-hybridized carbons (Fsp3) is 0.963. The summed E-state index contributed by atoms with van der Waals surface area (Å²) in [7, 11) is 0. The summed E-state index contributed by atoms with van der Waals surface area (Å²) in [6.45, 7) is 14.7. The van der Waals surface area contributed by atoms with Crippen molar-refractivity contribution in [2.75, 3.05) is 26.4 Å². The Morgan fingerprint density at radius 2 is 1.09 bits per heavy atom. The molecule has 15 N–H and O–H groups in total. The fourth-order valence-corrected chi connectivity index (χ4v) is 16.6. The zero-order chi connectivity index (χ0) is 56.4. The van der Waals surface area contributed by atoms with Crippen LogP contribution in [0, 0.1) is 50.2 Å². The Kier molecular flexibility index (Phi) is 17.1. The summed E-state index contributed by atoms with van der Waals surface area (Å²) in [5.41, 5.74) is -2.00. The van der Waals surface area contributed by atoms with E-state index in [1.807, 2.05) is 13.8 Å². The van der Waals surface area contributed by atoms with E-state index in [0.717, 1.165) is 25.7 Å². The SMILES string of the molecule is C[C@@H]1O[C@@H](O[C@H]2[C@H](OC[C@@]34CC[C@]5(C)C(=CCC6[C@@]7(C)CC[C@H](O[C@@H]8O[C@H](CO[C@@H]9O[C@H](CO)[C@@H](O)[C@H](O)[C@H]9O)[C@@H](O)[C@@H](O)[C@H]8O)C(C)(C)C7CC[C@]65C)C3CC(C)(C)[C@@H](O)[C@@H]4O)O[C@H](CO)[C@@H](O)[C@@H]2O)[C@H](O)[C@H](O)[C@H]1O. The molecule has 8 fully saturated rings. The maximum absolute atomic E-state index is 12.5. The second kappa shape index (κ2) is 21.8. The zero-order valence-electron chi connectivity index (χ0n) is 45.5. The molecule has 0 aromatic carbocycles. The Morgan fingerprint density at radius 1 is 0.532 bits per heavy atom. The number of hydrogen-bond acceptors (Lipinski definition) is 23. The summed E-state index contributed by atoms with van der Waals surface area (Å²) in [6.07, 6.45) is -25.9. The van der Waals surface area contributed by atoms with Crippen molar-refractivity contribution < 1.29 is 114 Å². The summed E-state index contributed by atoms with van der Waals surface area (Å²) < 4.78 is 48.3. The third-order valence-electron chi connectivity index (χ3n) is 21.7. The third-order valence-corrected chi connectivity index (χ3v) is 21.7. The van der Waals surface area contributed by atoms with E-state index in [-0.39, 0.29) is 40.6 Å². The van der Waals surface area contributed by atoms with Gasteiger partial charge in [0.15, 0.2) is 25.2 Å². The molecule has 4 saturated heterocycles. The molecule has 0 spiro atoms. The first-order valence-electron chi connectivity index (χ1n) is 27.9. The number of aliphatic hydroxyl groups is 15. The van der Waals surface area contributed by atoms with Gasteiger partial charge in [-0.2, -0.15) is 0 Å². The Morgan fingerprint density at radius 3 is 1.73 bits per heavy atom. The Balaban J connectivity index is 0.938. The van der Waals surface area contributed by atoms with Gasteiger partial charge in [-0.25, -0.2) is 0 Å². The van der Waals surface area contributed by atoms with Gasteiger partial charge in [0.25, 0.3) is 0 Å². The van der Waals surface area contributed by atoms with Crippen LogP contribution >= 0.6 is 0 Å². The van der Waals surface area contributed by atoms with Crippen LogP contribution in [0.2, 0.25) is 0 Å². The standard InChI is InChI=1S/C54H90O23/c1-22-31(57)35(61)40(66)46(72-22)77-42-38(64)33(59)26(19-56)74-48(42)71-21-54-16-15-52(7)23(24(54)17-49(2,3)43(68)44(54)69)9-10-29-51(6)13-12-30(50(4,5)28(51)11-14-53(29,52)8)76-47-41(67)37(63)34(60)27(75-47)20-70-45-39(65)36(62)32(58)25(18-55)73-45/h9,22,24-48,55-69H,10-21H2,1-8H3/t22-,24?,25+,26+,27+,28?,29?,30-,31-,32+,33+,34+,35+,36-,37+,38-,39+,40+,41+,42+,43-,44-,45+,46-,47-,48+,51-,52+,53+,54-/m0/s1. The van der Waals surface area contributed by atoms with E-state index in [4.69, 9.17) is 37.9 Å². The van der Waals surface area contributed by atoms with Gasteiger partial charge >= 0.3 is 0 Å². The van der Waals surface area contributed by atoms with Crippen LogP contribution < -0.4 is 0 Å². The smallest absolute Gasteiger partial charge is 0.187 e. The molecule has 23 heteroatoms. The van der Waals surface area contributed by atoms with E-state index in [0.29, 0.717) is 25.7 Å². The van der Waals surface area contributed by atoms with Crippen molar-refractivity contribution in [3.8, 4) is 0 Å². The molecule has 23 nitrogen and oxygen atoms in total. The first-order valence-corrected chi connectivity index (χ1v) is 27.9. The van der Waals surface area contributed by atoms with Gasteiger partial charge in [-0.05, 0) is 103 Å². The Hall–Kier alpha value is -1.18. The number of hydrogen-bond donors (Lipinski definition) is 15. The first kappa shape index (κ1) is 60.4. The molecule has 4 saturated carbocycles. The number of aliphatic hydroxyl groups excluding tert-OH is 15. The number of allylic oxidation sites excluding steroid dienone is 2. The van der Waals surface area contributed by atoms with Crippen molar-refractivity contribution in [1.82, 2.24) is 0 Å². The molecule has 0 bridgehead atoms. The van der Waals surface area contributed by atoms with E-state index in [9.17, 15) is 76.6 Å². The van der Waals surface area contributed by atoms with Crippen LogP contribution in [0.1, 0.15) is 107 Å². The van der Waals surface area contributed by atoms with Gasteiger partial charge < -0.3 is 114 Å². The molecule has 444 valence electrons. The minimum absolute atomic E-state index is 0.118. The molecule has 9 aliphatic rings. The second-order valence-corrected chi connectivity index (χ2v) is 26.5. The second-order valence-electron chi connectivity index (χ2n) is 26.5. The van der Waals surface area contributed by atoms with E-state index >= 15 is 0 Å². The van der Waals surface area contributed by atoms with Crippen LogP contribution in [0.25, 0.3) is 0 Å². The predicted molar refractivity (Wildman–Crippen MR) is 264 cm³/mol. The molecule has 4 aliphatic heterocycles. The zero-order valence-corrected chi connectivity index (χ0v) is 45.5. The molecule has 3 unspecified atom stereocenters. The third kappa shape index (κ3) is 9.74. The van der Waals surface area contributed by atoms with Gasteiger partial charge in [0, 0.05) is 5.41 Å². The highest BCUT2D eigenvalue weighted by Gasteiger charge is 2.71. The van der Waals surface area contributed by atoms with Gasteiger partial charge in [0.1, 0.15) is 91.6 Å². The van der Waals surface area contributed by atoms with Crippen LogP contribution in [0.4, 0.5) is 0 Å². The number of fused-ring (bicyclic) bond motifs is 7. The minimum Gasteiger partial charge on any atom is -0.394 e. The van der Waals surface area contributed by atoms with Gasteiger partial charge in [0.2, 0.25) is 0 Å². The molecule has 9 rings (SSSR count). The van der Waals surface area contributed by atoms with Gasteiger partial charge in [-0.3, -0.25) is 0 Å². The van der Waals surface area contributed by atoms with Gasteiger partial charge in [-0.1, -0.05) is 60.1 Å². The van der Waals surface area contributed by atoms with Crippen molar-refractivity contribution in [1.29, 1.82) is 0 Å². The summed E-state index contributed by atoms with van der Waals surface area (Å²) in [6, 6.07) is 0. The molecule has 0 aromatic rings. The lowest BCUT2D eigenvalue weighted by atomic mass is 9.33. The van der Waals surface area contributed by atoms with Crippen molar-refractivity contribution in [3.63, 3.8) is 0 Å². The van der Waals surface area contributed by atoms with Crippen molar-refractivity contribution >= 4 is 0 Å². The molecule has 0 aromatic heterocycles. The Bertz CT molecular complexity index is 2080. The summed E-state index contributed by atoms with van der Waals surface area (Å²) in [5, 5.41) is 163. The van der Waals surface area contributed by atoms with E-state index in [1.165, 1.54) is 12.5 Å². The summed E-state index contributed by atoms with van der Waals surface area (Å²) in [5.74, 6) is -0.00555. The number of ether oxygens (including phenoxy) is 8. The molecule has 0 amide bonds. The largest absolute Gasteiger partial charge is 0.394 e. The summed E-state index contributed by atoms with van der Waals surface area (Å²) >= 11 is 0. The van der Waals surface area contributed by atoms with Crippen molar-refractivity contribution in [3.05, 3.63) is 11.6 Å². The number of rotatable bonds is 12. The quantitative estimate of drug-likeness (QED) is 0.0704. The average Bonchev–Trinajstić information content (AvgIpc) is 3.58. The van der Waals surface area contributed by atoms with Crippen molar-refractivity contribution in [2.24, 2.45) is 50.2 Å². The van der Waals surface area contributed by atoms with E-state index in [1.54, 1.807) is 0 Å². The maximum Gasteiger partial charge on any atom is 0.187 e. The average molecular weight is 1110 g/mol. The highest BCUT2D eigenvalue weighted by atomic mass is 16.8. The lowest BCUT2D eigenvalue weighted by Gasteiger charge is -2.72. The normalized spacial score (nSPS) is 55.5. The van der Waals surface area contributed by atoms with Crippen molar-refractivity contribution in [2.45, 2.75) is 248 Å². The molecule has 5 aliphatic carbocycles. The Labute approximate surface area is 449 Å². The predicted octanol–water partition coefficient (Wildman–Crippen LogP) is -2.59. The molecule has 77 heavy (non-hydrogen) atoms. The molecule has 0 radical (unpaired) electrons. The maximum atomic E-state index is 12.5. The minimum atomic E-state index is -1.76. The fourth-order valence-electron chi connectivity index (χ4n) is 16.6. The summed E-state index contributed by atoms with van der Waals surface area (Å²) in [4.78, 5) is 0. The molecule has 30 atom stereocenters.